The van der Waals surface area contributed by atoms with E-state index in [0.717, 1.165) is 6.42 Å². The van der Waals surface area contributed by atoms with Crippen LogP contribution in [0.25, 0.3) is 0 Å². The summed E-state index contributed by atoms with van der Waals surface area (Å²) in [6, 6.07) is 14.1. The number of amides is 2. The van der Waals surface area contributed by atoms with E-state index in [2.05, 4.69) is 27.8 Å². The van der Waals surface area contributed by atoms with Gasteiger partial charge in [-0.2, -0.15) is 0 Å². The molecule has 0 spiro atoms. The van der Waals surface area contributed by atoms with Crippen LogP contribution in [0.3, 0.4) is 0 Å². The third kappa shape index (κ3) is 7.32. The molecule has 2 aromatic carbocycles. The first kappa shape index (κ1) is 26.7. The van der Waals surface area contributed by atoms with Crippen molar-refractivity contribution in [2.75, 3.05) is 18.2 Å². The fraction of sp³-hybridized carbons (Fsp3) is 0.320. The van der Waals surface area contributed by atoms with Crippen LogP contribution < -0.4 is 15.4 Å². The van der Waals surface area contributed by atoms with Gasteiger partial charge >= 0.3 is 5.97 Å². The smallest absolute Gasteiger partial charge is 0.337 e. The van der Waals surface area contributed by atoms with Crippen molar-refractivity contribution in [2.45, 2.75) is 38.1 Å². The number of benzene rings is 2. The summed E-state index contributed by atoms with van der Waals surface area (Å²) in [5, 5.41) is 14.3. The van der Waals surface area contributed by atoms with Gasteiger partial charge in [-0.3, -0.25) is 9.59 Å². The summed E-state index contributed by atoms with van der Waals surface area (Å²) in [6.07, 6.45) is 0.255. The van der Waals surface area contributed by atoms with Gasteiger partial charge in [0.15, 0.2) is 17.1 Å². The van der Waals surface area contributed by atoms with Crippen LogP contribution in [0, 0.1) is 0 Å². The van der Waals surface area contributed by atoms with E-state index in [1.54, 1.807) is 42.8 Å². The molecule has 0 saturated heterocycles. The second-order valence-electron chi connectivity index (χ2n) is 7.84. The van der Waals surface area contributed by atoms with Crippen molar-refractivity contribution in [2.24, 2.45) is 7.05 Å². The average molecular weight is 512 g/mol. The molecule has 0 aliphatic rings. The molecule has 11 heteroatoms. The number of rotatable bonds is 11. The molecule has 0 unspecified atom stereocenters. The van der Waals surface area contributed by atoms with E-state index >= 15 is 0 Å². The van der Waals surface area contributed by atoms with E-state index in [1.165, 1.54) is 24.4 Å². The molecule has 0 fully saturated rings. The Morgan fingerprint density at radius 3 is 2.56 bits per heavy atom. The Bertz CT molecular complexity index is 1210. The summed E-state index contributed by atoms with van der Waals surface area (Å²) in [5.41, 5.74) is 2.03. The number of aryl methyl sites for hydroxylation is 1. The van der Waals surface area contributed by atoms with Crippen molar-refractivity contribution in [1.29, 1.82) is 0 Å². The van der Waals surface area contributed by atoms with Crippen LogP contribution >= 0.6 is 11.8 Å². The minimum absolute atomic E-state index is 0.0858. The van der Waals surface area contributed by atoms with Crippen molar-refractivity contribution in [3.05, 3.63) is 65.5 Å². The molecule has 2 N–H and O–H groups in total. The number of carbonyl (C=O) groups is 3. The molecule has 1 aromatic heterocycles. The lowest BCUT2D eigenvalue weighted by Crippen LogP contribution is -2.36. The van der Waals surface area contributed by atoms with E-state index in [4.69, 9.17) is 9.47 Å². The lowest BCUT2D eigenvalue weighted by Gasteiger charge is -2.15. The van der Waals surface area contributed by atoms with E-state index in [0.29, 0.717) is 28.0 Å². The Balaban J connectivity index is 1.47. The van der Waals surface area contributed by atoms with Crippen LogP contribution in [0.15, 0.2) is 53.7 Å². The maximum atomic E-state index is 12.5. The largest absolute Gasteiger partial charge is 0.481 e. The van der Waals surface area contributed by atoms with Gasteiger partial charge < -0.3 is 24.7 Å². The minimum Gasteiger partial charge on any atom is -0.481 e. The molecule has 3 rings (SSSR count). The van der Waals surface area contributed by atoms with E-state index < -0.39 is 12.1 Å². The standard InChI is InChI=1S/C25H29N5O5S/c1-5-17-9-11-20(12-10-17)35-16(2)23(32)26-14-21-28-29-25(30(21)3)36-15-22(31)27-19-8-6-7-18(13-19)24(33)34-4/h6-13,16H,5,14-15H2,1-4H3,(H,26,32)(H,27,31)/t16-/m1/s1. The molecule has 0 saturated carbocycles. The van der Waals surface area contributed by atoms with Crippen LogP contribution in [0.4, 0.5) is 5.69 Å². The summed E-state index contributed by atoms with van der Waals surface area (Å²) in [4.78, 5) is 36.5. The third-order valence-corrected chi connectivity index (χ3v) is 6.28. The zero-order valence-corrected chi connectivity index (χ0v) is 21.4. The first-order valence-corrected chi connectivity index (χ1v) is 12.3. The number of aromatic nitrogens is 3. The summed E-state index contributed by atoms with van der Waals surface area (Å²) >= 11 is 1.20. The second-order valence-corrected chi connectivity index (χ2v) is 8.78. The Labute approximate surface area is 213 Å². The van der Waals surface area contributed by atoms with Crippen molar-refractivity contribution >= 4 is 35.2 Å². The van der Waals surface area contributed by atoms with E-state index in [-0.39, 0.29) is 24.1 Å². The topological polar surface area (TPSA) is 124 Å². The predicted octanol–water partition coefficient (Wildman–Crippen LogP) is 2.98. The zero-order valence-electron chi connectivity index (χ0n) is 20.6. The van der Waals surface area contributed by atoms with Crippen LogP contribution in [-0.4, -0.2) is 51.5 Å². The summed E-state index contributed by atoms with van der Waals surface area (Å²) in [6.45, 7) is 3.92. The number of nitrogens with zero attached hydrogens (tertiary/aromatic N) is 3. The molecule has 0 aliphatic heterocycles. The number of hydrogen-bond donors (Lipinski definition) is 2. The summed E-state index contributed by atoms with van der Waals surface area (Å²) in [5.74, 6) is 0.227. The van der Waals surface area contributed by atoms with Gasteiger partial charge in [-0.05, 0) is 49.2 Å². The molecular formula is C25H29N5O5S. The maximum absolute atomic E-state index is 12.5. The van der Waals surface area contributed by atoms with Crippen molar-refractivity contribution in [3.8, 4) is 5.75 Å². The molecule has 2 amide bonds. The van der Waals surface area contributed by atoms with Gasteiger partial charge in [0, 0.05) is 12.7 Å². The first-order chi connectivity index (χ1) is 17.3. The lowest BCUT2D eigenvalue weighted by molar-refractivity contribution is -0.127. The monoisotopic (exact) mass is 511 g/mol. The minimum atomic E-state index is -0.680. The highest BCUT2D eigenvalue weighted by molar-refractivity contribution is 7.99. The quantitative estimate of drug-likeness (QED) is 0.297. The second kappa shape index (κ2) is 12.7. The number of hydrogen-bond acceptors (Lipinski definition) is 8. The number of esters is 1. The number of anilines is 1. The highest BCUT2D eigenvalue weighted by Crippen LogP contribution is 2.18. The van der Waals surface area contributed by atoms with Crippen molar-refractivity contribution in [3.63, 3.8) is 0 Å². The molecule has 190 valence electrons. The highest BCUT2D eigenvalue weighted by atomic mass is 32.2. The lowest BCUT2D eigenvalue weighted by atomic mass is 10.2. The SMILES string of the molecule is CCc1ccc(O[C@H](C)C(=O)NCc2nnc(SCC(=O)Nc3cccc(C(=O)OC)c3)n2C)cc1. The van der Waals surface area contributed by atoms with Crippen molar-refractivity contribution in [1.82, 2.24) is 20.1 Å². The Morgan fingerprint density at radius 2 is 1.86 bits per heavy atom. The maximum Gasteiger partial charge on any atom is 0.337 e. The Hall–Kier alpha value is -3.86. The third-order valence-electron chi connectivity index (χ3n) is 5.26. The number of nitrogens with one attached hydrogen (secondary N) is 2. The van der Waals surface area contributed by atoms with Crippen LogP contribution in [-0.2, 0) is 34.3 Å². The van der Waals surface area contributed by atoms with E-state index in [1.807, 2.05) is 24.3 Å². The van der Waals surface area contributed by atoms with Gasteiger partial charge in [-0.15, -0.1) is 10.2 Å². The summed E-state index contributed by atoms with van der Waals surface area (Å²) < 4.78 is 12.1. The number of thioether (sulfide) groups is 1. The van der Waals surface area contributed by atoms with Gasteiger partial charge in [0.1, 0.15) is 5.75 Å². The molecule has 1 atom stereocenters. The van der Waals surface area contributed by atoms with Gasteiger partial charge in [0.05, 0.1) is 25.0 Å². The van der Waals surface area contributed by atoms with Gasteiger partial charge in [0.25, 0.3) is 5.91 Å². The molecule has 0 radical (unpaired) electrons. The molecule has 0 aliphatic carbocycles. The number of ether oxygens (including phenoxy) is 2. The van der Waals surface area contributed by atoms with Gasteiger partial charge in [0.2, 0.25) is 5.91 Å². The van der Waals surface area contributed by atoms with Crippen LogP contribution in [0.2, 0.25) is 0 Å². The molecule has 0 bridgehead atoms. The molecular weight excluding hydrogens is 482 g/mol. The Morgan fingerprint density at radius 1 is 1.11 bits per heavy atom. The van der Waals surface area contributed by atoms with Crippen LogP contribution in [0.1, 0.15) is 35.6 Å². The predicted molar refractivity (Wildman–Crippen MR) is 136 cm³/mol. The molecule has 36 heavy (non-hydrogen) atoms. The average Bonchev–Trinajstić information content (AvgIpc) is 3.25. The molecule has 10 nitrogen and oxygen atoms in total. The summed E-state index contributed by atoms with van der Waals surface area (Å²) in [7, 11) is 3.06. The number of methoxy groups -OCH3 is 1. The highest BCUT2D eigenvalue weighted by Gasteiger charge is 2.17. The fourth-order valence-electron chi connectivity index (χ4n) is 3.16. The van der Waals surface area contributed by atoms with Gasteiger partial charge in [-0.1, -0.05) is 36.9 Å². The fourth-order valence-corrected chi connectivity index (χ4v) is 3.89. The zero-order chi connectivity index (χ0) is 26.1. The molecule has 1 heterocycles. The molecule has 3 aromatic rings. The first-order valence-electron chi connectivity index (χ1n) is 11.3. The Kier molecular flexibility index (Phi) is 9.46. The van der Waals surface area contributed by atoms with Gasteiger partial charge in [-0.25, -0.2) is 4.79 Å². The van der Waals surface area contributed by atoms with Crippen LogP contribution in [0.5, 0.6) is 5.75 Å². The van der Waals surface area contributed by atoms with E-state index in [9.17, 15) is 14.4 Å². The van der Waals surface area contributed by atoms with Crippen molar-refractivity contribution < 1.29 is 23.9 Å². The number of carbonyl (C=O) groups excluding carboxylic acids is 3. The normalized spacial score (nSPS) is 11.4.